The van der Waals surface area contributed by atoms with E-state index in [4.69, 9.17) is 4.98 Å². The lowest BCUT2D eigenvalue weighted by Crippen LogP contribution is -2.28. The molecule has 0 saturated carbocycles. The number of aromatic nitrogens is 1. The molecular formula is C14H20N2S2. The Morgan fingerprint density at radius 1 is 1.39 bits per heavy atom. The first kappa shape index (κ1) is 13.7. The largest absolute Gasteiger partial charge is 0.301 e. The molecular weight excluding hydrogens is 260 g/mol. The van der Waals surface area contributed by atoms with E-state index in [1.807, 2.05) is 11.3 Å². The van der Waals surface area contributed by atoms with E-state index in [0.29, 0.717) is 6.04 Å². The summed E-state index contributed by atoms with van der Waals surface area (Å²) < 4.78 is 0. The summed E-state index contributed by atoms with van der Waals surface area (Å²) in [5.41, 5.74) is 1.24. The highest BCUT2D eigenvalue weighted by Gasteiger charge is 2.20. The maximum Gasteiger partial charge on any atom is 0.115 e. The van der Waals surface area contributed by atoms with Crippen LogP contribution in [-0.4, -0.2) is 11.0 Å². The third-order valence-electron chi connectivity index (χ3n) is 2.82. The number of aryl methyl sites for hydroxylation is 2. The standard InChI is InChI=1S/C14H20N2S2/c1-5-11-10(4)18-14(16-11)13(15-9(2)3)12-7-6-8-17-12/h6-9,13,15H,5H2,1-4H3. The minimum absolute atomic E-state index is 0.244. The SMILES string of the molecule is CCc1nc(C(NC(C)C)c2cccs2)sc1C. The highest BCUT2D eigenvalue weighted by molar-refractivity contribution is 7.12. The van der Waals surface area contributed by atoms with E-state index in [0.717, 1.165) is 6.42 Å². The summed E-state index contributed by atoms with van der Waals surface area (Å²) in [5.74, 6) is 0. The number of thiazole rings is 1. The monoisotopic (exact) mass is 280 g/mol. The highest BCUT2D eigenvalue weighted by atomic mass is 32.1. The Balaban J connectivity index is 2.33. The Bertz CT molecular complexity index is 486. The van der Waals surface area contributed by atoms with Gasteiger partial charge in [-0.1, -0.05) is 13.0 Å². The van der Waals surface area contributed by atoms with Crippen LogP contribution in [0.3, 0.4) is 0 Å². The van der Waals surface area contributed by atoms with Gasteiger partial charge in [-0.05, 0) is 38.6 Å². The fourth-order valence-electron chi connectivity index (χ4n) is 1.97. The quantitative estimate of drug-likeness (QED) is 0.889. The van der Waals surface area contributed by atoms with Crippen molar-refractivity contribution in [3.63, 3.8) is 0 Å². The molecule has 2 aromatic heterocycles. The molecule has 0 spiro atoms. The molecule has 0 radical (unpaired) electrons. The molecule has 2 aromatic rings. The molecule has 2 nitrogen and oxygen atoms in total. The van der Waals surface area contributed by atoms with Crippen LogP contribution < -0.4 is 5.32 Å². The maximum atomic E-state index is 4.80. The first-order valence-electron chi connectivity index (χ1n) is 6.37. The third kappa shape index (κ3) is 2.99. The first-order chi connectivity index (χ1) is 8.61. The van der Waals surface area contributed by atoms with Crippen LogP contribution in [0.4, 0.5) is 0 Å². The molecule has 1 atom stereocenters. The summed E-state index contributed by atoms with van der Waals surface area (Å²) in [6.45, 7) is 8.70. The Hall–Kier alpha value is -0.710. The van der Waals surface area contributed by atoms with Crippen molar-refractivity contribution >= 4 is 22.7 Å². The van der Waals surface area contributed by atoms with Crippen LogP contribution >= 0.6 is 22.7 Å². The van der Waals surface area contributed by atoms with E-state index >= 15 is 0 Å². The summed E-state index contributed by atoms with van der Waals surface area (Å²) >= 11 is 3.62. The molecule has 0 aliphatic rings. The van der Waals surface area contributed by atoms with Crippen molar-refractivity contribution in [2.45, 2.75) is 46.2 Å². The summed E-state index contributed by atoms with van der Waals surface area (Å²) in [5, 5.41) is 6.95. The second-order valence-electron chi connectivity index (χ2n) is 4.68. The second kappa shape index (κ2) is 5.95. The molecule has 0 aliphatic heterocycles. The van der Waals surface area contributed by atoms with Crippen LogP contribution in [0.1, 0.15) is 47.3 Å². The highest BCUT2D eigenvalue weighted by Crippen LogP contribution is 2.31. The number of rotatable bonds is 5. The number of hydrogen-bond donors (Lipinski definition) is 1. The van der Waals surface area contributed by atoms with E-state index in [2.05, 4.69) is 50.5 Å². The van der Waals surface area contributed by atoms with Gasteiger partial charge in [0, 0.05) is 15.8 Å². The van der Waals surface area contributed by atoms with Crippen LogP contribution in [-0.2, 0) is 6.42 Å². The zero-order valence-electron chi connectivity index (χ0n) is 11.4. The molecule has 0 bridgehead atoms. The smallest absolute Gasteiger partial charge is 0.115 e. The zero-order valence-corrected chi connectivity index (χ0v) is 13.0. The molecule has 98 valence electrons. The van der Waals surface area contributed by atoms with Crippen LogP contribution in [0.5, 0.6) is 0 Å². The predicted octanol–water partition coefficient (Wildman–Crippen LogP) is 4.16. The Kier molecular flexibility index (Phi) is 4.54. The lowest BCUT2D eigenvalue weighted by molar-refractivity contribution is 0.531. The summed E-state index contributed by atoms with van der Waals surface area (Å²) in [4.78, 5) is 7.49. The Labute approximate surface area is 117 Å². The van der Waals surface area contributed by atoms with Gasteiger partial charge in [-0.3, -0.25) is 0 Å². The van der Waals surface area contributed by atoms with Gasteiger partial charge >= 0.3 is 0 Å². The zero-order chi connectivity index (χ0) is 13.1. The average molecular weight is 280 g/mol. The normalized spacial score (nSPS) is 13.2. The van der Waals surface area contributed by atoms with Crippen molar-refractivity contribution in [1.29, 1.82) is 0 Å². The van der Waals surface area contributed by atoms with Gasteiger partial charge in [0.05, 0.1) is 11.7 Å². The summed E-state index contributed by atoms with van der Waals surface area (Å²) in [7, 11) is 0. The molecule has 2 heterocycles. The van der Waals surface area contributed by atoms with Crippen molar-refractivity contribution in [2.75, 3.05) is 0 Å². The summed E-state index contributed by atoms with van der Waals surface area (Å²) in [6.07, 6.45) is 1.02. The molecule has 0 amide bonds. The minimum atomic E-state index is 0.244. The van der Waals surface area contributed by atoms with E-state index in [1.165, 1.54) is 20.5 Å². The molecule has 2 rings (SSSR count). The van der Waals surface area contributed by atoms with E-state index < -0.39 is 0 Å². The van der Waals surface area contributed by atoms with Gasteiger partial charge in [-0.15, -0.1) is 22.7 Å². The topological polar surface area (TPSA) is 24.9 Å². The van der Waals surface area contributed by atoms with Crippen LogP contribution in [0.2, 0.25) is 0 Å². The van der Waals surface area contributed by atoms with Gasteiger partial charge in [0.25, 0.3) is 0 Å². The number of hydrogen-bond acceptors (Lipinski definition) is 4. The Morgan fingerprint density at radius 2 is 2.17 bits per heavy atom. The van der Waals surface area contributed by atoms with Gasteiger partial charge in [-0.2, -0.15) is 0 Å². The van der Waals surface area contributed by atoms with Crippen molar-refractivity contribution in [1.82, 2.24) is 10.3 Å². The fraction of sp³-hybridized carbons (Fsp3) is 0.500. The first-order valence-corrected chi connectivity index (χ1v) is 8.07. The molecule has 0 fully saturated rings. The minimum Gasteiger partial charge on any atom is -0.301 e. The van der Waals surface area contributed by atoms with Gasteiger partial charge < -0.3 is 5.32 Å². The van der Waals surface area contributed by atoms with Gasteiger partial charge in [0.1, 0.15) is 5.01 Å². The fourth-order valence-corrected chi connectivity index (χ4v) is 3.92. The molecule has 0 aromatic carbocycles. The maximum absolute atomic E-state index is 4.80. The van der Waals surface area contributed by atoms with Crippen LogP contribution in [0, 0.1) is 6.92 Å². The number of nitrogens with one attached hydrogen (secondary N) is 1. The third-order valence-corrected chi connectivity index (χ3v) is 4.83. The Morgan fingerprint density at radius 3 is 2.67 bits per heavy atom. The molecule has 0 saturated heterocycles. The van der Waals surface area contributed by atoms with Crippen molar-refractivity contribution in [3.8, 4) is 0 Å². The van der Waals surface area contributed by atoms with Crippen LogP contribution in [0.25, 0.3) is 0 Å². The predicted molar refractivity (Wildman–Crippen MR) is 80.7 cm³/mol. The molecule has 18 heavy (non-hydrogen) atoms. The lowest BCUT2D eigenvalue weighted by Gasteiger charge is -2.17. The van der Waals surface area contributed by atoms with E-state index in [-0.39, 0.29) is 6.04 Å². The van der Waals surface area contributed by atoms with Crippen LogP contribution in [0.15, 0.2) is 17.5 Å². The molecule has 0 aliphatic carbocycles. The van der Waals surface area contributed by atoms with Gasteiger partial charge in [0.2, 0.25) is 0 Å². The molecule has 4 heteroatoms. The summed E-state index contributed by atoms with van der Waals surface area (Å²) in [6, 6.07) is 4.99. The molecule has 1 unspecified atom stereocenters. The van der Waals surface area contributed by atoms with Crippen molar-refractivity contribution < 1.29 is 0 Å². The average Bonchev–Trinajstić information content (AvgIpc) is 2.94. The molecule has 1 N–H and O–H groups in total. The van der Waals surface area contributed by atoms with Crippen molar-refractivity contribution in [2.24, 2.45) is 0 Å². The van der Waals surface area contributed by atoms with E-state index in [1.54, 1.807) is 11.3 Å². The van der Waals surface area contributed by atoms with E-state index in [9.17, 15) is 0 Å². The second-order valence-corrected chi connectivity index (χ2v) is 6.89. The number of nitrogens with zero attached hydrogens (tertiary/aromatic N) is 1. The van der Waals surface area contributed by atoms with Gasteiger partial charge in [-0.25, -0.2) is 4.98 Å². The van der Waals surface area contributed by atoms with Gasteiger partial charge in [0.15, 0.2) is 0 Å². The van der Waals surface area contributed by atoms with Crippen molar-refractivity contribution in [3.05, 3.63) is 38.0 Å². The number of thiophene rings is 1. The lowest BCUT2D eigenvalue weighted by atomic mass is 10.2.